The summed E-state index contributed by atoms with van der Waals surface area (Å²) in [5.74, 6) is -0.455. The molecule has 1 fully saturated rings. The molecule has 0 aromatic carbocycles. The van der Waals surface area contributed by atoms with Crippen molar-refractivity contribution in [3.05, 3.63) is 29.3 Å². The summed E-state index contributed by atoms with van der Waals surface area (Å²) < 4.78 is 13.1. The molecule has 1 aliphatic rings. The van der Waals surface area contributed by atoms with Gasteiger partial charge < -0.3 is 10.0 Å². The van der Waals surface area contributed by atoms with E-state index in [0.717, 1.165) is 25.2 Å². The van der Waals surface area contributed by atoms with E-state index in [1.54, 1.807) is 13.0 Å². The molecule has 1 aromatic heterocycles. The minimum absolute atomic E-state index is 0.455. The zero-order chi connectivity index (χ0) is 12.5. The van der Waals surface area contributed by atoms with Gasteiger partial charge in [-0.15, -0.1) is 0 Å². The fourth-order valence-corrected chi connectivity index (χ4v) is 2.34. The number of likely N-dealkylation sites (tertiary alicyclic amines) is 1. The average molecular weight is 238 g/mol. The number of aromatic nitrogens is 1. The Morgan fingerprint density at radius 3 is 2.65 bits per heavy atom. The van der Waals surface area contributed by atoms with Crippen molar-refractivity contribution in [2.75, 3.05) is 19.6 Å². The van der Waals surface area contributed by atoms with Crippen molar-refractivity contribution >= 4 is 0 Å². The summed E-state index contributed by atoms with van der Waals surface area (Å²) >= 11 is 0. The van der Waals surface area contributed by atoms with Crippen LogP contribution in [-0.4, -0.2) is 34.6 Å². The number of piperidine rings is 1. The number of aliphatic hydroxyl groups is 1. The van der Waals surface area contributed by atoms with E-state index in [2.05, 4.69) is 16.8 Å². The molecule has 0 radical (unpaired) electrons. The van der Waals surface area contributed by atoms with E-state index in [1.807, 2.05) is 0 Å². The molecule has 0 unspecified atom stereocenters. The quantitative estimate of drug-likeness (QED) is 0.799. The van der Waals surface area contributed by atoms with Crippen LogP contribution in [0.3, 0.4) is 0 Å². The van der Waals surface area contributed by atoms with Gasteiger partial charge >= 0.3 is 0 Å². The van der Waals surface area contributed by atoms with E-state index >= 15 is 0 Å². The van der Waals surface area contributed by atoms with E-state index in [4.69, 9.17) is 0 Å². The number of halogens is 1. The molecule has 0 amide bonds. The summed E-state index contributed by atoms with van der Waals surface area (Å²) in [6, 6.07) is 1.71. The molecule has 4 heteroatoms. The summed E-state index contributed by atoms with van der Waals surface area (Å²) in [5, 5.41) is 10.6. The van der Waals surface area contributed by atoms with Crippen LogP contribution in [-0.2, 0) is 5.60 Å². The molecule has 0 saturated carbocycles. The number of pyridine rings is 1. The predicted molar refractivity (Wildman–Crippen MR) is 64.2 cm³/mol. The van der Waals surface area contributed by atoms with E-state index < -0.39 is 11.5 Å². The van der Waals surface area contributed by atoms with Crippen molar-refractivity contribution < 1.29 is 9.50 Å². The first-order valence-corrected chi connectivity index (χ1v) is 6.12. The van der Waals surface area contributed by atoms with Gasteiger partial charge in [0.15, 0.2) is 0 Å². The van der Waals surface area contributed by atoms with Crippen LogP contribution in [0, 0.1) is 12.9 Å². The molecule has 17 heavy (non-hydrogen) atoms. The van der Waals surface area contributed by atoms with Gasteiger partial charge in [0, 0.05) is 30.4 Å². The first-order valence-electron chi connectivity index (χ1n) is 6.12. The molecule has 0 spiro atoms. The second kappa shape index (κ2) is 4.70. The van der Waals surface area contributed by atoms with Crippen molar-refractivity contribution in [3.63, 3.8) is 0 Å². The van der Waals surface area contributed by atoms with E-state index in [-0.39, 0.29) is 0 Å². The van der Waals surface area contributed by atoms with Crippen LogP contribution in [0.5, 0.6) is 0 Å². The lowest BCUT2D eigenvalue weighted by Gasteiger charge is -2.38. The molecule has 1 aliphatic heterocycles. The lowest BCUT2D eigenvalue weighted by molar-refractivity contribution is -0.0250. The molecule has 94 valence electrons. The molecule has 0 bridgehead atoms. The highest BCUT2D eigenvalue weighted by Crippen LogP contribution is 2.32. The molecule has 3 nitrogen and oxygen atoms in total. The van der Waals surface area contributed by atoms with Crippen molar-refractivity contribution in [1.29, 1.82) is 0 Å². The molecule has 1 N–H and O–H groups in total. The van der Waals surface area contributed by atoms with E-state index in [0.29, 0.717) is 18.4 Å². The second-order valence-corrected chi connectivity index (χ2v) is 4.80. The Balaban J connectivity index is 2.18. The highest BCUT2D eigenvalue weighted by Gasteiger charge is 2.34. The van der Waals surface area contributed by atoms with Crippen LogP contribution in [0.2, 0.25) is 0 Å². The highest BCUT2D eigenvalue weighted by molar-refractivity contribution is 5.24. The normalized spacial score (nSPS) is 20.5. The lowest BCUT2D eigenvalue weighted by atomic mass is 9.85. The third-order valence-corrected chi connectivity index (χ3v) is 3.68. The average Bonchev–Trinajstić information content (AvgIpc) is 2.33. The second-order valence-electron chi connectivity index (χ2n) is 4.80. The SMILES string of the molecule is CCN1CCC(O)(c2cnc(F)c(C)c2)CC1. The number of hydrogen-bond donors (Lipinski definition) is 1. The van der Waals surface area contributed by atoms with Gasteiger partial charge in [-0.25, -0.2) is 4.98 Å². The van der Waals surface area contributed by atoms with Gasteiger partial charge in [0.25, 0.3) is 0 Å². The molecule has 2 rings (SSSR count). The van der Waals surface area contributed by atoms with E-state index in [1.165, 1.54) is 6.20 Å². The lowest BCUT2D eigenvalue weighted by Crippen LogP contribution is -2.42. The number of aryl methyl sites for hydroxylation is 1. The van der Waals surface area contributed by atoms with Gasteiger partial charge in [-0.2, -0.15) is 4.39 Å². The minimum Gasteiger partial charge on any atom is -0.385 e. The third kappa shape index (κ3) is 2.48. The summed E-state index contributed by atoms with van der Waals surface area (Å²) in [5.41, 5.74) is 0.401. The summed E-state index contributed by atoms with van der Waals surface area (Å²) in [6.07, 6.45) is 2.84. The number of rotatable bonds is 2. The van der Waals surface area contributed by atoms with Crippen LogP contribution in [0.4, 0.5) is 4.39 Å². The van der Waals surface area contributed by atoms with Crippen molar-refractivity contribution in [2.45, 2.75) is 32.3 Å². The van der Waals surface area contributed by atoms with Crippen LogP contribution in [0.15, 0.2) is 12.3 Å². The molecule has 0 aliphatic carbocycles. The van der Waals surface area contributed by atoms with Crippen LogP contribution in [0.25, 0.3) is 0 Å². The fraction of sp³-hybridized carbons (Fsp3) is 0.615. The fourth-order valence-electron chi connectivity index (χ4n) is 2.34. The summed E-state index contributed by atoms with van der Waals surface area (Å²) in [7, 11) is 0. The number of nitrogens with zero attached hydrogens (tertiary/aromatic N) is 2. The molecule has 2 heterocycles. The van der Waals surface area contributed by atoms with Gasteiger partial charge in [-0.1, -0.05) is 6.92 Å². The molecule has 1 saturated heterocycles. The van der Waals surface area contributed by atoms with Crippen LogP contribution in [0.1, 0.15) is 30.9 Å². The first-order chi connectivity index (χ1) is 8.05. The monoisotopic (exact) mass is 238 g/mol. The van der Waals surface area contributed by atoms with Gasteiger partial charge in [0.1, 0.15) is 0 Å². The van der Waals surface area contributed by atoms with Gasteiger partial charge in [-0.05, 0) is 32.4 Å². The van der Waals surface area contributed by atoms with Gasteiger partial charge in [0.2, 0.25) is 5.95 Å². The van der Waals surface area contributed by atoms with Crippen molar-refractivity contribution in [2.24, 2.45) is 0 Å². The maximum absolute atomic E-state index is 13.1. The smallest absolute Gasteiger partial charge is 0.215 e. The topological polar surface area (TPSA) is 36.4 Å². The molecule has 1 aromatic rings. The van der Waals surface area contributed by atoms with Crippen molar-refractivity contribution in [3.8, 4) is 0 Å². The molecule has 0 atom stereocenters. The molecular formula is C13H19FN2O. The maximum atomic E-state index is 13.1. The minimum atomic E-state index is -0.836. The molecular weight excluding hydrogens is 219 g/mol. The van der Waals surface area contributed by atoms with Crippen LogP contribution < -0.4 is 0 Å². The Bertz CT molecular complexity index is 400. The van der Waals surface area contributed by atoms with Gasteiger partial charge in [0.05, 0.1) is 5.60 Å². The zero-order valence-corrected chi connectivity index (χ0v) is 10.4. The highest BCUT2D eigenvalue weighted by atomic mass is 19.1. The Morgan fingerprint density at radius 1 is 1.47 bits per heavy atom. The third-order valence-electron chi connectivity index (χ3n) is 3.68. The van der Waals surface area contributed by atoms with Crippen LogP contribution >= 0.6 is 0 Å². The van der Waals surface area contributed by atoms with Crippen molar-refractivity contribution in [1.82, 2.24) is 9.88 Å². The van der Waals surface area contributed by atoms with E-state index in [9.17, 15) is 9.50 Å². The largest absolute Gasteiger partial charge is 0.385 e. The standard InChI is InChI=1S/C13H19FN2O/c1-3-16-6-4-13(17,5-7-16)11-8-10(2)12(14)15-9-11/h8-9,17H,3-7H2,1-2H3. The summed E-state index contributed by atoms with van der Waals surface area (Å²) in [6.45, 7) is 6.56. The Labute approximate surface area is 101 Å². The Morgan fingerprint density at radius 2 is 2.12 bits per heavy atom. The maximum Gasteiger partial charge on any atom is 0.215 e. The summed E-state index contributed by atoms with van der Waals surface area (Å²) in [4.78, 5) is 6.00. The Hall–Kier alpha value is -1.00. The van der Waals surface area contributed by atoms with Gasteiger partial charge in [-0.3, -0.25) is 0 Å². The first kappa shape index (κ1) is 12.5. The Kier molecular flexibility index (Phi) is 3.45. The predicted octanol–water partition coefficient (Wildman–Crippen LogP) is 1.83. The number of hydrogen-bond acceptors (Lipinski definition) is 3. The zero-order valence-electron chi connectivity index (χ0n) is 10.4.